The van der Waals surface area contributed by atoms with Crippen LogP contribution < -0.4 is 10.6 Å². The zero-order valence-corrected chi connectivity index (χ0v) is 11.0. The van der Waals surface area contributed by atoms with E-state index in [0.717, 1.165) is 5.69 Å². The van der Waals surface area contributed by atoms with E-state index in [4.69, 9.17) is 11.0 Å². The highest BCUT2D eigenvalue weighted by atomic mass is 32.1. The Morgan fingerprint density at radius 3 is 2.83 bits per heavy atom. The summed E-state index contributed by atoms with van der Waals surface area (Å²) in [6.07, 6.45) is 0. The fourth-order valence-corrected chi connectivity index (χ4v) is 2.80. The number of anilines is 1. The van der Waals surface area contributed by atoms with Gasteiger partial charge in [-0.2, -0.15) is 5.26 Å². The number of hydrogen-bond acceptors (Lipinski definition) is 4. The average Bonchev–Trinajstić information content (AvgIpc) is 2.93. The summed E-state index contributed by atoms with van der Waals surface area (Å²) in [6.45, 7) is 0.549. The molecular formula is C14H15N3S. The first-order valence-electron chi connectivity index (χ1n) is 5.72. The molecule has 0 amide bonds. The van der Waals surface area contributed by atoms with Crippen molar-refractivity contribution in [2.75, 3.05) is 18.5 Å². The van der Waals surface area contributed by atoms with Crippen LogP contribution in [0, 0.1) is 11.3 Å². The van der Waals surface area contributed by atoms with Gasteiger partial charge >= 0.3 is 0 Å². The van der Waals surface area contributed by atoms with Gasteiger partial charge < -0.3 is 10.6 Å². The van der Waals surface area contributed by atoms with Crippen molar-refractivity contribution in [3.05, 3.63) is 52.2 Å². The van der Waals surface area contributed by atoms with E-state index in [9.17, 15) is 0 Å². The molecule has 0 radical (unpaired) electrons. The van der Waals surface area contributed by atoms with Crippen molar-refractivity contribution in [2.45, 2.75) is 6.04 Å². The molecular weight excluding hydrogens is 242 g/mol. The molecule has 2 N–H and O–H groups in total. The lowest BCUT2D eigenvalue weighted by Crippen LogP contribution is -2.29. The van der Waals surface area contributed by atoms with Gasteiger partial charge in [0.2, 0.25) is 0 Å². The minimum absolute atomic E-state index is 0.152. The fraction of sp³-hybridized carbons (Fsp3) is 0.214. The quantitative estimate of drug-likeness (QED) is 0.916. The number of nitriles is 1. The van der Waals surface area contributed by atoms with Gasteiger partial charge in [0.15, 0.2) is 0 Å². The highest BCUT2D eigenvalue weighted by Crippen LogP contribution is 2.28. The van der Waals surface area contributed by atoms with Crippen LogP contribution in [0.2, 0.25) is 0 Å². The van der Waals surface area contributed by atoms with E-state index >= 15 is 0 Å². The van der Waals surface area contributed by atoms with Crippen molar-refractivity contribution in [3.63, 3.8) is 0 Å². The van der Waals surface area contributed by atoms with Crippen LogP contribution in [0.15, 0.2) is 41.8 Å². The third-order valence-corrected chi connectivity index (χ3v) is 3.92. The van der Waals surface area contributed by atoms with Crippen LogP contribution >= 0.6 is 11.3 Å². The Labute approximate surface area is 111 Å². The molecule has 2 rings (SSSR count). The number of nitrogens with zero attached hydrogens (tertiary/aromatic N) is 2. The molecule has 0 saturated carbocycles. The Hall–Kier alpha value is -1.83. The maximum Gasteiger partial charge on any atom is 0.0992 e. The number of hydrogen-bond donors (Lipinski definition) is 1. The van der Waals surface area contributed by atoms with Gasteiger partial charge in [-0.1, -0.05) is 12.1 Å². The predicted octanol–water partition coefficient (Wildman–Crippen LogP) is 2.76. The lowest BCUT2D eigenvalue weighted by molar-refractivity contribution is 0.692. The van der Waals surface area contributed by atoms with Crippen LogP contribution in [0.5, 0.6) is 0 Å². The lowest BCUT2D eigenvalue weighted by atomic mass is 10.1. The Balaban J connectivity index is 2.29. The van der Waals surface area contributed by atoms with Crippen molar-refractivity contribution >= 4 is 17.0 Å². The molecule has 0 aliphatic carbocycles. The zero-order chi connectivity index (χ0) is 13.0. The second-order valence-electron chi connectivity index (χ2n) is 4.04. The van der Waals surface area contributed by atoms with Gasteiger partial charge in [-0.25, -0.2) is 0 Å². The molecule has 0 aliphatic rings. The molecule has 0 bridgehead atoms. The molecule has 1 aromatic heterocycles. The SMILES string of the molecule is CN(c1cccc(C#N)c1)C(CN)c1cccs1. The predicted molar refractivity (Wildman–Crippen MR) is 75.7 cm³/mol. The molecule has 0 fully saturated rings. The number of rotatable bonds is 4. The summed E-state index contributed by atoms with van der Waals surface area (Å²) < 4.78 is 0. The highest BCUT2D eigenvalue weighted by Gasteiger charge is 2.16. The Morgan fingerprint density at radius 2 is 2.22 bits per heavy atom. The van der Waals surface area contributed by atoms with Crippen molar-refractivity contribution in [1.29, 1.82) is 5.26 Å². The molecule has 3 nitrogen and oxygen atoms in total. The van der Waals surface area contributed by atoms with E-state index in [1.165, 1.54) is 4.88 Å². The molecule has 0 saturated heterocycles. The van der Waals surface area contributed by atoms with Gasteiger partial charge in [0.05, 0.1) is 17.7 Å². The maximum absolute atomic E-state index is 8.93. The summed E-state index contributed by atoms with van der Waals surface area (Å²) >= 11 is 1.70. The standard InChI is InChI=1S/C14H15N3S/c1-17(12-5-2-4-11(8-12)9-15)13(10-16)14-6-3-7-18-14/h2-8,13H,10,16H2,1H3. The molecule has 1 heterocycles. The Morgan fingerprint density at radius 1 is 1.39 bits per heavy atom. The number of nitrogens with two attached hydrogens (primary N) is 1. The van der Waals surface area contributed by atoms with Crippen LogP contribution in [0.3, 0.4) is 0 Å². The first-order chi connectivity index (χ1) is 8.76. The van der Waals surface area contributed by atoms with Crippen LogP contribution in [0.1, 0.15) is 16.5 Å². The van der Waals surface area contributed by atoms with Crippen molar-refractivity contribution in [1.82, 2.24) is 0 Å². The largest absolute Gasteiger partial charge is 0.365 e. The summed E-state index contributed by atoms with van der Waals surface area (Å²) in [5, 5.41) is 11.0. The number of thiophene rings is 1. The molecule has 1 aromatic carbocycles. The van der Waals surface area contributed by atoms with Gasteiger partial charge in [-0.05, 0) is 29.6 Å². The topological polar surface area (TPSA) is 53.0 Å². The van der Waals surface area contributed by atoms with E-state index in [1.54, 1.807) is 17.4 Å². The molecule has 4 heteroatoms. The van der Waals surface area contributed by atoms with E-state index in [1.807, 2.05) is 31.3 Å². The Bertz CT molecular complexity index is 542. The first-order valence-corrected chi connectivity index (χ1v) is 6.60. The smallest absolute Gasteiger partial charge is 0.0992 e. The molecule has 0 spiro atoms. The monoisotopic (exact) mass is 257 g/mol. The van der Waals surface area contributed by atoms with E-state index in [2.05, 4.69) is 22.4 Å². The number of likely N-dealkylation sites (N-methyl/N-ethyl adjacent to an activating group) is 1. The second-order valence-corrected chi connectivity index (χ2v) is 5.02. The third-order valence-electron chi connectivity index (χ3n) is 2.94. The van der Waals surface area contributed by atoms with Crippen molar-refractivity contribution in [2.24, 2.45) is 5.73 Å². The van der Waals surface area contributed by atoms with Gasteiger partial charge in [0.25, 0.3) is 0 Å². The minimum Gasteiger partial charge on any atom is -0.365 e. The Kier molecular flexibility index (Phi) is 3.98. The fourth-order valence-electron chi connectivity index (χ4n) is 1.92. The zero-order valence-electron chi connectivity index (χ0n) is 10.2. The van der Waals surface area contributed by atoms with Crippen molar-refractivity contribution < 1.29 is 0 Å². The van der Waals surface area contributed by atoms with Crippen LogP contribution in [-0.2, 0) is 0 Å². The molecule has 92 valence electrons. The highest BCUT2D eigenvalue weighted by molar-refractivity contribution is 7.10. The van der Waals surface area contributed by atoms with E-state index < -0.39 is 0 Å². The maximum atomic E-state index is 8.93. The third kappa shape index (κ3) is 2.53. The lowest BCUT2D eigenvalue weighted by Gasteiger charge is -2.28. The molecule has 0 aliphatic heterocycles. The van der Waals surface area contributed by atoms with Crippen LogP contribution in [0.25, 0.3) is 0 Å². The summed E-state index contributed by atoms with van der Waals surface area (Å²) in [6, 6.07) is 14.0. The molecule has 1 unspecified atom stereocenters. The minimum atomic E-state index is 0.152. The van der Waals surface area contributed by atoms with Gasteiger partial charge in [-0.15, -0.1) is 11.3 Å². The average molecular weight is 257 g/mol. The number of benzene rings is 1. The van der Waals surface area contributed by atoms with E-state index in [-0.39, 0.29) is 6.04 Å². The van der Waals surface area contributed by atoms with Gasteiger partial charge in [0.1, 0.15) is 0 Å². The van der Waals surface area contributed by atoms with Crippen molar-refractivity contribution in [3.8, 4) is 6.07 Å². The van der Waals surface area contributed by atoms with Gasteiger partial charge in [-0.3, -0.25) is 0 Å². The van der Waals surface area contributed by atoms with E-state index in [0.29, 0.717) is 12.1 Å². The summed E-state index contributed by atoms with van der Waals surface area (Å²) in [5.41, 5.74) is 7.55. The summed E-state index contributed by atoms with van der Waals surface area (Å²) in [7, 11) is 2.01. The first kappa shape index (κ1) is 12.6. The second kappa shape index (κ2) is 5.67. The molecule has 2 aromatic rings. The van der Waals surface area contributed by atoms with Crippen LogP contribution in [0.4, 0.5) is 5.69 Å². The molecule has 1 atom stereocenters. The summed E-state index contributed by atoms with van der Waals surface area (Å²) in [4.78, 5) is 3.36. The van der Waals surface area contributed by atoms with Gasteiger partial charge in [0, 0.05) is 24.2 Å². The molecule has 18 heavy (non-hydrogen) atoms. The summed E-state index contributed by atoms with van der Waals surface area (Å²) in [5.74, 6) is 0. The normalized spacial score (nSPS) is 11.8. The van der Waals surface area contributed by atoms with Crippen LogP contribution in [-0.4, -0.2) is 13.6 Å².